The number of hydrogen-bond donors (Lipinski definition) is 3. The third-order valence-corrected chi connectivity index (χ3v) is 5.77. The molecule has 0 radical (unpaired) electrons. The van der Waals surface area contributed by atoms with Crippen LogP contribution >= 0.6 is 23.1 Å². The Hall–Kier alpha value is -3.40. The predicted molar refractivity (Wildman–Crippen MR) is 126 cm³/mol. The number of benzene rings is 2. The van der Waals surface area contributed by atoms with Crippen LogP contribution in [0.4, 0.5) is 11.5 Å². The number of hydrogen-bond acceptors (Lipinski definition) is 8. The first kappa shape index (κ1) is 21.8. The van der Waals surface area contributed by atoms with Gasteiger partial charge in [0.2, 0.25) is 0 Å². The van der Waals surface area contributed by atoms with Gasteiger partial charge in [-0.25, -0.2) is 14.8 Å². The monoisotopic (exact) mass is 467 g/mol. The molecule has 0 aliphatic heterocycles. The van der Waals surface area contributed by atoms with E-state index in [0.29, 0.717) is 32.6 Å². The van der Waals surface area contributed by atoms with Crippen molar-refractivity contribution in [1.82, 2.24) is 14.3 Å². The summed E-state index contributed by atoms with van der Waals surface area (Å²) in [5, 5.41) is 22.5. The molecule has 0 bridgehead atoms. The van der Waals surface area contributed by atoms with Crippen molar-refractivity contribution in [1.29, 1.82) is 0 Å². The van der Waals surface area contributed by atoms with Gasteiger partial charge in [0.25, 0.3) is 0 Å². The maximum Gasteiger partial charge on any atom is 0.331 e. The summed E-state index contributed by atoms with van der Waals surface area (Å²) in [6.45, 7) is 1.36. The molecule has 0 aliphatic rings. The fourth-order valence-electron chi connectivity index (χ4n) is 3.04. The highest BCUT2D eigenvalue weighted by molar-refractivity contribution is 7.13. The molecular formula is C22H18ClN5O3S. The molecule has 4 rings (SSSR count). The van der Waals surface area contributed by atoms with Crippen LogP contribution < -0.4 is 5.32 Å². The summed E-state index contributed by atoms with van der Waals surface area (Å²) < 4.78 is 4.40. The average Bonchev–Trinajstić information content (AvgIpc) is 3.17. The third kappa shape index (κ3) is 4.59. The number of aliphatic hydroxyl groups excluding tert-OH is 1. The molecule has 32 heavy (non-hydrogen) atoms. The lowest BCUT2D eigenvalue weighted by Gasteiger charge is -2.11. The Morgan fingerprint density at radius 1 is 1.22 bits per heavy atom. The smallest absolute Gasteiger partial charge is 0.331 e. The third-order valence-electron chi connectivity index (χ3n) is 4.62. The molecule has 0 fully saturated rings. The van der Waals surface area contributed by atoms with Gasteiger partial charge in [0.1, 0.15) is 11.2 Å². The van der Waals surface area contributed by atoms with E-state index in [4.69, 9.17) is 16.7 Å². The highest BCUT2D eigenvalue weighted by atomic mass is 35.5. The minimum absolute atomic E-state index is 0.344. The van der Waals surface area contributed by atoms with Gasteiger partial charge >= 0.3 is 5.97 Å². The van der Waals surface area contributed by atoms with Crippen molar-refractivity contribution in [2.24, 2.45) is 4.99 Å². The number of carboxylic acid groups (broad SMARTS) is 1. The fourth-order valence-corrected chi connectivity index (χ4v) is 3.96. The number of nitrogens with one attached hydrogen (secondary N) is 1. The summed E-state index contributed by atoms with van der Waals surface area (Å²) in [6.07, 6.45) is 1.61. The first-order valence-electron chi connectivity index (χ1n) is 9.61. The minimum atomic E-state index is -1.29. The molecule has 2 aromatic heterocycles. The fraction of sp³-hybridized carbons (Fsp3) is 0.136. The topological polar surface area (TPSA) is 121 Å². The largest absolute Gasteiger partial charge is 0.480 e. The van der Waals surface area contributed by atoms with Gasteiger partial charge in [-0.2, -0.15) is 4.37 Å². The van der Waals surface area contributed by atoms with Crippen LogP contribution in [0.25, 0.3) is 21.5 Å². The number of carbonyl (C=O) groups is 1. The minimum Gasteiger partial charge on any atom is -0.480 e. The number of nitrogens with zero attached hydrogens (tertiary/aromatic N) is 4. The summed E-state index contributed by atoms with van der Waals surface area (Å²) in [4.78, 5) is 24.5. The van der Waals surface area contributed by atoms with E-state index in [1.54, 1.807) is 0 Å². The number of aromatic nitrogens is 3. The summed E-state index contributed by atoms with van der Waals surface area (Å²) in [7, 11) is 0. The number of halogens is 1. The van der Waals surface area contributed by atoms with Gasteiger partial charge in [-0.1, -0.05) is 54.1 Å². The number of fused-ring (bicyclic) bond motifs is 1. The second-order valence-electron chi connectivity index (χ2n) is 6.94. The summed E-state index contributed by atoms with van der Waals surface area (Å²) in [6, 6.07) is 14.2. The van der Waals surface area contributed by atoms with Gasteiger partial charge < -0.3 is 15.5 Å². The molecule has 0 aliphatic carbocycles. The van der Waals surface area contributed by atoms with Crippen LogP contribution in [0.2, 0.25) is 5.02 Å². The Bertz CT molecular complexity index is 1290. The molecule has 0 saturated heterocycles. The molecule has 2 unspecified atom stereocenters. The Morgan fingerprint density at radius 2 is 2.00 bits per heavy atom. The maximum atomic E-state index is 11.2. The molecule has 4 aromatic rings. The normalized spacial score (nSPS) is 13.3. The van der Waals surface area contributed by atoms with Gasteiger partial charge in [0.05, 0.1) is 23.0 Å². The SMILES string of the molecule is CC(O)C(N=Cc1cnc2snc(Nc3cccc(-c4ccccc4)c3Cl)c2n1)C(=O)O. The molecule has 2 aromatic carbocycles. The highest BCUT2D eigenvalue weighted by Crippen LogP contribution is 2.36. The van der Waals surface area contributed by atoms with Crippen molar-refractivity contribution in [2.75, 3.05) is 5.32 Å². The molecule has 2 atom stereocenters. The average molecular weight is 468 g/mol. The van der Waals surface area contributed by atoms with Gasteiger partial charge in [0, 0.05) is 11.8 Å². The van der Waals surface area contributed by atoms with E-state index >= 15 is 0 Å². The van der Waals surface area contributed by atoms with E-state index < -0.39 is 18.1 Å². The van der Waals surface area contributed by atoms with Crippen molar-refractivity contribution < 1.29 is 15.0 Å². The zero-order chi connectivity index (χ0) is 22.7. The summed E-state index contributed by atoms with van der Waals surface area (Å²) in [5.41, 5.74) is 3.39. The maximum absolute atomic E-state index is 11.2. The standard InChI is InChI=1S/C22H18ClN5O3S/c1-12(29)18(22(30)31)24-10-14-11-25-21-19(26-14)20(28-32-21)27-16-9-5-8-15(17(16)23)13-6-3-2-4-7-13/h2-12,18,29H,1H3,(H,27,28)(H,30,31). The van der Waals surface area contributed by atoms with Crippen LogP contribution in [0.3, 0.4) is 0 Å². The van der Waals surface area contributed by atoms with Crippen LogP contribution in [0.5, 0.6) is 0 Å². The van der Waals surface area contributed by atoms with Crippen LogP contribution in [-0.2, 0) is 4.79 Å². The summed E-state index contributed by atoms with van der Waals surface area (Å²) >= 11 is 7.84. The zero-order valence-electron chi connectivity index (χ0n) is 16.8. The predicted octanol–water partition coefficient (Wildman–Crippen LogP) is 4.40. The van der Waals surface area contributed by atoms with Crippen LogP contribution in [0, 0.1) is 0 Å². The van der Waals surface area contributed by atoms with E-state index in [-0.39, 0.29) is 0 Å². The Morgan fingerprint density at radius 3 is 2.72 bits per heavy atom. The molecule has 0 spiro atoms. The molecule has 0 saturated carbocycles. The van der Waals surface area contributed by atoms with Crippen molar-refractivity contribution in [3.63, 3.8) is 0 Å². The first-order chi connectivity index (χ1) is 15.4. The number of aliphatic carboxylic acids is 1. The molecular weight excluding hydrogens is 450 g/mol. The van der Waals surface area contributed by atoms with E-state index in [0.717, 1.165) is 11.1 Å². The first-order valence-corrected chi connectivity index (χ1v) is 10.8. The van der Waals surface area contributed by atoms with Gasteiger partial charge in [0.15, 0.2) is 16.7 Å². The molecule has 3 N–H and O–H groups in total. The van der Waals surface area contributed by atoms with Crippen molar-refractivity contribution >= 4 is 57.2 Å². The second kappa shape index (κ2) is 9.39. The molecule has 162 valence electrons. The number of rotatable bonds is 7. The molecule has 2 heterocycles. The second-order valence-corrected chi connectivity index (χ2v) is 8.07. The molecule has 10 heteroatoms. The van der Waals surface area contributed by atoms with Crippen LogP contribution in [-0.4, -0.2) is 48.9 Å². The number of carboxylic acids is 1. The lowest BCUT2D eigenvalue weighted by Crippen LogP contribution is -2.30. The highest BCUT2D eigenvalue weighted by Gasteiger charge is 2.21. The Kier molecular flexibility index (Phi) is 6.40. The van der Waals surface area contributed by atoms with E-state index in [1.807, 2.05) is 48.5 Å². The summed E-state index contributed by atoms with van der Waals surface area (Å²) in [5.74, 6) is -0.747. The lowest BCUT2D eigenvalue weighted by molar-refractivity contribution is -0.140. The number of aliphatic imine (C=N–C) groups is 1. The molecule has 0 amide bonds. The molecule has 8 nitrogen and oxygen atoms in total. The van der Waals surface area contributed by atoms with E-state index in [1.165, 1.54) is 30.9 Å². The quantitative estimate of drug-likeness (QED) is 0.344. The van der Waals surface area contributed by atoms with Gasteiger partial charge in [-0.05, 0) is 30.1 Å². The van der Waals surface area contributed by atoms with E-state index in [9.17, 15) is 9.90 Å². The Balaban J connectivity index is 1.65. The lowest BCUT2D eigenvalue weighted by atomic mass is 10.1. The number of aliphatic hydroxyl groups is 1. The van der Waals surface area contributed by atoms with Crippen LogP contribution in [0.15, 0.2) is 59.7 Å². The van der Waals surface area contributed by atoms with Gasteiger partial charge in [-0.3, -0.25) is 4.99 Å². The van der Waals surface area contributed by atoms with Crippen molar-refractivity contribution in [3.8, 4) is 11.1 Å². The Labute approximate surface area is 192 Å². The van der Waals surface area contributed by atoms with E-state index in [2.05, 4.69) is 24.7 Å². The van der Waals surface area contributed by atoms with Gasteiger partial charge in [-0.15, -0.1) is 0 Å². The van der Waals surface area contributed by atoms with Crippen molar-refractivity contribution in [2.45, 2.75) is 19.1 Å². The van der Waals surface area contributed by atoms with Crippen LogP contribution in [0.1, 0.15) is 12.6 Å². The van der Waals surface area contributed by atoms with Crippen molar-refractivity contribution in [3.05, 3.63) is 65.4 Å². The zero-order valence-corrected chi connectivity index (χ0v) is 18.4. The number of anilines is 2.